The lowest BCUT2D eigenvalue weighted by Crippen LogP contribution is -2.62. The minimum absolute atomic E-state index is 0.142. The molecular weight excluding hydrogens is 140 g/mol. The summed E-state index contributed by atoms with van der Waals surface area (Å²) in [6.45, 7) is 3.77. The fourth-order valence-electron chi connectivity index (χ4n) is 1.72. The van der Waals surface area contributed by atoms with E-state index >= 15 is 0 Å². The van der Waals surface area contributed by atoms with Gasteiger partial charge in [0.25, 0.3) is 0 Å². The molecule has 0 aromatic heterocycles. The van der Waals surface area contributed by atoms with E-state index < -0.39 is 0 Å². The molecule has 2 unspecified atom stereocenters. The van der Waals surface area contributed by atoms with Crippen molar-refractivity contribution in [3.8, 4) is 0 Å². The largest absolute Gasteiger partial charge is 0.395 e. The molecule has 4 N–H and O–H groups in total. The quantitative estimate of drug-likeness (QED) is 0.526. The Kier molecular flexibility index (Phi) is 2.87. The van der Waals surface area contributed by atoms with Crippen molar-refractivity contribution in [2.45, 2.75) is 25.3 Å². The minimum atomic E-state index is 0.142. The molecule has 0 aromatic carbocycles. The van der Waals surface area contributed by atoms with E-state index in [0.717, 1.165) is 6.42 Å². The van der Waals surface area contributed by atoms with Gasteiger partial charge in [0, 0.05) is 18.6 Å². The zero-order valence-corrected chi connectivity index (χ0v) is 7.14. The molecule has 1 aliphatic rings. The van der Waals surface area contributed by atoms with Crippen LogP contribution < -0.4 is 11.1 Å². The van der Waals surface area contributed by atoms with Crippen LogP contribution in [0, 0.1) is 5.92 Å². The van der Waals surface area contributed by atoms with Crippen LogP contribution in [-0.4, -0.2) is 30.3 Å². The van der Waals surface area contributed by atoms with Crippen LogP contribution in [0.25, 0.3) is 0 Å². The first kappa shape index (κ1) is 8.97. The fourth-order valence-corrected chi connectivity index (χ4v) is 1.72. The molecule has 2 atom stereocenters. The predicted octanol–water partition coefficient (Wildman–Crippen LogP) is -0.304. The van der Waals surface area contributed by atoms with E-state index in [1.165, 1.54) is 6.42 Å². The van der Waals surface area contributed by atoms with Gasteiger partial charge >= 0.3 is 0 Å². The van der Waals surface area contributed by atoms with Crippen molar-refractivity contribution in [2.75, 3.05) is 19.7 Å². The van der Waals surface area contributed by atoms with Gasteiger partial charge in [0.2, 0.25) is 0 Å². The summed E-state index contributed by atoms with van der Waals surface area (Å²) in [5.41, 5.74) is 5.80. The number of β-amino-alcohol motifs (C(OH)–C–C–N with tert-alkyl or cyclic N) is 1. The summed E-state index contributed by atoms with van der Waals surface area (Å²) in [5.74, 6) is 0.666. The van der Waals surface area contributed by atoms with Gasteiger partial charge in [0.05, 0.1) is 6.61 Å². The molecule has 1 fully saturated rings. The van der Waals surface area contributed by atoms with E-state index in [9.17, 15) is 0 Å². The number of hydrogen-bond donors (Lipinski definition) is 3. The van der Waals surface area contributed by atoms with Crippen molar-refractivity contribution < 1.29 is 5.11 Å². The Morgan fingerprint density at radius 3 is 2.73 bits per heavy atom. The third kappa shape index (κ3) is 1.55. The van der Waals surface area contributed by atoms with Gasteiger partial charge in [-0.25, -0.2) is 0 Å². The molecule has 66 valence electrons. The fraction of sp³-hybridized carbons (Fsp3) is 1.00. The Morgan fingerprint density at radius 1 is 1.73 bits per heavy atom. The molecule has 1 rings (SSSR count). The topological polar surface area (TPSA) is 58.3 Å². The highest BCUT2D eigenvalue weighted by molar-refractivity contribution is 5.01. The highest BCUT2D eigenvalue weighted by atomic mass is 16.3. The monoisotopic (exact) mass is 158 g/mol. The summed E-state index contributed by atoms with van der Waals surface area (Å²) < 4.78 is 0. The van der Waals surface area contributed by atoms with Crippen LogP contribution in [0.1, 0.15) is 19.8 Å². The van der Waals surface area contributed by atoms with Gasteiger partial charge in [0.1, 0.15) is 0 Å². The number of nitrogens with two attached hydrogens (primary N) is 1. The SMILES string of the molecule is CC1CCC1(CN)NCCO. The molecule has 3 nitrogen and oxygen atoms in total. The predicted molar refractivity (Wildman–Crippen MR) is 45.3 cm³/mol. The molecule has 3 heteroatoms. The average molecular weight is 158 g/mol. The average Bonchev–Trinajstić information content (AvgIpc) is 2.04. The van der Waals surface area contributed by atoms with Gasteiger partial charge < -0.3 is 16.2 Å². The van der Waals surface area contributed by atoms with Crippen LogP contribution in [0.2, 0.25) is 0 Å². The summed E-state index contributed by atoms with van der Waals surface area (Å²) in [6, 6.07) is 0. The lowest BCUT2D eigenvalue weighted by atomic mass is 9.67. The number of nitrogens with one attached hydrogen (secondary N) is 1. The van der Waals surface area contributed by atoms with Crippen molar-refractivity contribution in [3.05, 3.63) is 0 Å². The molecule has 1 saturated carbocycles. The van der Waals surface area contributed by atoms with Crippen LogP contribution in [0.15, 0.2) is 0 Å². The summed E-state index contributed by atoms with van der Waals surface area (Å²) in [7, 11) is 0. The van der Waals surface area contributed by atoms with Gasteiger partial charge in [-0.2, -0.15) is 0 Å². The number of rotatable bonds is 4. The minimum Gasteiger partial charge on any atom is -0.395 e. The van der Waals surface area contributed by atoms with E-state index in [1.54, 1.807) is 0 Å². The summed E-state index contributed by atoms with van der Waals surface area (Å²) >= 11 is 0. The number of aliphatic hydroxyl groups excluding tert-OH is 1. The van der Waals surface area contributed by atoms with Crippen molar-refractivity contribution in [2.24, 2.45) is 11.7 Å². The normalized spacial score (nSPS) is 36.8. The maximum Gasteiger partial charge on any atom is 0.0556 e. The van der Waals surface area contributed by atoms with Crippen molar-refractivity contribution >= 4 is 0 Å². The zero-order chi connectivity index (χ0) is 8.32. The van der Waals surface area contributed by atoms with Crippen molar-refractivity contribution in [1.82, 2.24) is 5.32 Å². The second-order valence-corrected chi connectivity index (χ2v) is 3.45. The van der Waals surface area contributed by atoms with Gasteiger partial charge in [-0.15, -0.1) is 0 Å². The van der Waals surface area contributed by atoms with Crippen LogP contribution in [0.4, 0.5) is 0 Å². The van der Waals surface area contributed by atoms with E-state index in [4.69, 9.17) is 10.8 Å². The van der Waals surface area contributed by atoms with E-state index in [2.05, 4.69) is 12.2 Å². The van der Waals surface area contributed by atoms with Gasteiger partial charge in [-0.1, -0.05) is 6.92 Å². The van der Waals surface area contributed by atoms with Gasteiger partial charge in [-0.3, -0.25) is 0 Å². The van der Waals surface area contributed by atoms with Gasteiger partial charge in [-0.05, 0) is 18.8 Å². The second-order valence-electron chi connectivity index (χ2n) is 3.45. The zero-order valence-electron chi connectivity index (χ0n) is 7.14. The second kappa shape index (κ2) is 3.52. The van der Waals surface area contributed by atoms with Crippen LogP contribution in [-0.2, 0) is 0 Å². The number of hydrogen-bond acceptors (Lipinski definition) is 3. The first-order chi connectivity index (χ1) is 5.25. The molecule has 0 amide bonds. The molecule has 0 aliphatic heterocycles. The van der Waals surface area contributed by atoms with E-state index in [0.29, 0.717) is 19.0 Å². The van der Waals surface area contributed by atoms with Crippen LogP contribution in [0.3, 0.4) is 0 Å². The smallest absolute Gasteiger partial charge is 0.0556 e. The molecule has 0 spiro atoms. The molecule has 0 bridgehead atoms. The molecule has 0 heterocycles. The Balaban J connectivity index is 2.35. The molecule has 1 aliphatic carbocycles. The molecule has 0 radical (unpaired) electrons. The third-order valence-corrected chi connectivity index (χ3v) is 2.92. The maximum absolute atomic E-state index is 8.63. The van der Waals surface area contributed by atoms with Crippen LogP contribution in [0.5, 0.6) is 0 Å². The number of aliphatic hydroxyl groups is 1. The summed E-state index contributed by atoms with van der Waals surface area (Å²) in [5, 5.41) is 11.9. The Labute approximate surface area is 68.0 Å². The Hall–Kier alpha value is -0.120. The van der Waals surface area contributed by atoms with E-state index in [1.807, 2.05) is 0 Å². The van der Waals surface area contributed by atoms with E-state index in [-0.39, 0.29) is 12.1 Å². The van der Waals surface area contributed by atoms with Crippen molar-refractivity contribution in [3.63, 3.8) is 0 Å². The molecule has 0 saturated heterocycles. The van der Waals surface area contributed by atoms with Crippen molar-refractivity contribution in [1.29, 1.82) is 0 Å². The Morgan fingerprint density at radius 2 is 2.45 bits per heavy atom. The lowest BCUT2D eigenvalue weighted by Gasteiger charge is -2.48. The standard InChI is InChI=1S/C8H18N2O/c1-7-2-3-8(7,6-9)10-4-5-11/h7,10-11H,2-6,9H2,1H3. The first-order valence-electron chi connectivity index (χ1n) is 4.31. The highest BCUT2D eigenvalue weighted by Crippen LogP contribution is 2.36. The van der Waals surface area contributed by atoms with Crippen LogP contribution >= 0.6 is 0 Å². The Bertz CT molecular complexity index is 125. The summed E-state index contributed by atoms with van der Waals surface area (Å²) in [6.07, 6.45) is 2.42. The molecular formula is C8H18N2O. The highest BCUT2D eigenvalue weighted by Gasteiger charge is 2.41. The molecule has 0 aromatic rings. The third-order valence-electron chi connectivity index (χ3n) is 2.92. The summed E-state index contributed by atoms with van der Waals surface area (Å²) in [4.78, 5) is 0. The molecule has 11 heavy (non-hydrogen) atoms. The van der Waals surface area contributed by atoms with Gasteiger partial charge in [0.15, 0.2) is 0 Å². The first-order valence-corrected chi connectivity index (χ1v) is 4.31. The lowest BCUT2D eigenvalue weighted by molar-refractivity contribution is 0.0976. The maximum atomic E-state index is 8.63.